The van der Waals surface area contributed by atoms with E-state index in [-0.39, 0.29) is 36.4 Å². The standard InChI is InChI=1S/C24H26FN3O3/c1-27(2)14-13-26-23(29)16-18-7-11-21(12-8-18)28(24(30)22-4-3-15-31-22)17-19-5-9-20(25)10-6-19/h3-12,15H,13-14,16-17H2,1-2H3,(H,26,29). The van der Waals surface area contributed by atoms with Gasteiger partial charge in [0.25, 0.3) is 5.91 Å². The van der Waals surface area contributed by atoms with Gasteiger partial charge in [-0.15, -0.1) is 0 Å². The molecular formula is C24H26FN3O3. The van der Waals surface area contributed by atoms with Crippen LogP contribution in [0.15, 0.2) is 71.3 Å². The first kappa shape index (κ1) is 22.2. The summed E-state index contributed by atoms with van der Waals surface area (Å²) in [6, 6.07) is 16.5. The molecule has 1 N–H and O–H groups in total. The number of carbonyl (C=O) groups is 2. The average molecular weight is 423 g/mol. The second kappa shape index (κ2) is 10.5. The van der Waals surface area contributed by atoms with Crippen LogP contribution in [0.2, 0.25) is 0 Å². The number of carbonyl (C=O) groups excluding carboxylic acids is 2. The van der Waals surface area contributed by atoms with Crippen LogP contribution in [0.4, 0.5) is 10.1 Å². The van der Waals surface area contributed by atoms with E-state index in [1.165, 1.54) is 18.4 Å². The molecule has 31 heavy (non-hydrogen) atoms. The summed E-state index contributed by atoms with van der Waals surface area (Å²) in [5.74, 6) is -0.472. The second-order valence-corrected chi connectivity index (χ2v) is 7.49. The number of nitrogens with zero attached hydrogens (tertiary/aromatic N) is 2. The molecule has 0 bridgehead atoms. The van der Waals surface area contributed by atoms with Crippen LogP contribution in [-0.4, -0.2) is 43.9 Å². The summed E-state index contributed by atoms with van der Waals surface area (Å²) in [6.45, 7) is 1.62. The summed E-state index contributed by atoms with van der Waals surface area (Å²) >= 11 is 0. The molecule has 0 fully saturated rings. The number of rotatable bonds is 9. The predicted molar refractivity (Wildman–Crippen MR) is 117 cm³/mol. The fraction of sp³-hybridized carbons (Fsp3) is 0.250. The average Bonchev–Trinajstić information content (AvgIpc) is 3.28. The Morgan fingerprint density at radius 2 is 1.65 bits per heavy atom. The van der Waals surface area contributed by atoms with Crippen molar-refractivity contribution in [2.75, 3.05) is 32.1 Å². The summed E-state index contributed by atoms with van der Waals surface area (Å²) in [4.78, 5) is 28.7. The minimum absolute atomic E-state index is 0.0515. The molecule has 0 saturated carbocycles. The number of furan rings is 1. The Morgan fingerprint density at radius 1 is 0.968 bits per heavy atom. The van der Waals surface area contributed by atoms with Crippen LogP contribution in [0.3, 0.4) is 0 Å². The molecule has 0 aliphatic heterocycles. The molecule has 3 rings (SSSR count). The van der Waals surface area contributed by atoms with Crippen molar-refractivity contribution in [3.63, 3.8) is 0 Å². The van der Waals surface area contributed by atoms with E-state index in [9.17, 15) is 14.0 Å². The van der Waals surface area contributed by atoms with Gasteiger partial charge >= 0.3 is 0 Å². The molecule has 0 saturated heterocycles. The normalized spacial score (nSPS) is 10.8. The highest BCUT2D eigenvalue weighted by Crippen LogP contribution is 2.22. The third-order valence-corrected chi connectivity index (χ3v) is 4.72. The molecule has 0 aliphatic rings. The Bertz CT molecular complexity index is 984. The molecule has 0 atom stereocenters. The zero-order valence-electron chi connectivity index (χ0n) is 17.7. The van der Waals surface area contributed by atoms with Gasteiger partial charge in [-0.1, -0.05) is 24.3 Å². The van der Waals surface area contributed by atoms with Crippen LogP contribution < -0.4 is 10.2 Å². The van der Waals surface area contributed by atoms with Crippen molar-refractivity contribution in [1.29, 1.82) is 0 Å². The SMILES string of the molecule is CN(C)CCNC(=O)Cc1ccc(N(Cc2ccc(F)cc2)C(=O)c2ccco2)cc1. The van der Waals surface area contributed by atoms with Crippen LogP contribution in [0.25, 0.3) is 0 Å². The molecule has 0 radical (unpaired) electrons. The van der Waals surface area contributed by atoms with Gasteiger partial charge in [-0.3, -0.25) is 9.59 Å². The van der Waals surface area contributed by atoms with Crippen molar-refractivity contribution in [2.45, 2.75) is 13.0 Å². The molecule has 0 spiro atoms. The maximum atomic E-state index is 13.3. The number of nitrogens with one attached hydrogen (secondary N) is 1. The van der Waals surface area contributed by atoms with Crippen molar-refractivity contribution in [3.05, 3.63) is 89.6 Å². The highest BCUT2D eigenvalue weighted by atomic mass is 19.1. The zero-order valence-corrected chi connectivity index (χ0v) is 17.7. The Labute approximate surface area is 181 Å². The lowest BCUT2D eigenvalue weighted by Crippen LogP contribution is -2.32. The van der Waals surface area contributed by atoms with Gasteiger partial charge in [-0.05, 0) is 61.6 Å². The molecule has 2 amide bonds. The van der Waals surface area contributed by atoms with E-state index in [0.717, 1.165) is 17.7 Å². The highest BCUT2D eigenvalue weighted by molar-refractivity contribution is 6.04. The lowest BCUT2D eigenvalue weighted by Gasteiger charge is -2.22. The number of hydrogen-bond donors (Lipinski definition) is 1. The molecule has 6 nitrogen and oxygen atoms in total. The molecule has 1 aromatic heterocycles. The van der Waals surface area contributed by atoms with Crippen molar-refractivity contribution in [1.82, 2.24) is 10.2 Å². The minimum Gasteiger partial charge on any atom is -0.459 e. The molecule has 7 heteroatoms. The van der Waals surface area contributed by atoms with Crippen LogP contribution in [0.1, 0.15) is 21.7 Å². The predicted octanol–water partition coefficient (Wildman–Crippen LogP) is 3.49. The second-order valence-electron chi connectivity index (χ2n) is 7.49. The number of benzene rings is 2. The lowest BCUT2D eigenvalue weighted by molar-refractivity contribution is -0.120. The Morgan fingerprint density at radius 3 is 2.26 bits per heavy atom. The van der Waals surface area contributed by atoms with Gasteiger partial charge in [0.1, 0.15) is 5.82 Å². The van der Waals surface area contributed by atoms with Gasteiger partial charge in [-0.2, -0.15) is 0 Å². The first-order valence-electron chi connectivity index (χ1n) is 10.0. The monoisotopic (exact) mass is 423 g/mol. The molecule has 2 aromatic carbocycles. The van der Waals surface area contributed by atoms with E-state index >= 15 is 0 Å². The van der Waals surface area contributed by atoms with Gasteiger partial charge < -0.3 is 19.5 Å². The number of likely N-dealkylation sites (N-methyl/N-ethyl adjacent to an activating group) is 1. The molecular weight excluding hydrogens is 397 g/mol. The largest absolute Gasteiger partial charge is 0.459 e. The summed E-state index contributed by atoms with van der Waals surface area (Å²) in [5, 5.41) is 2.89. The van der Waals surface area contributed by atoms with E-state index in [1.54, 1.807) is 41.3 Å². The van der Waals surface area contributed by atoms with Crippen LogP contribution >= 0.6 is 0 Å². The van der Waals surface area contributed by atoms with E-state index in [4.69, 9.17) is 4.42 Å². The summed E-state index contributed by atoms with van der Waals surface area (Å²) in [7, 11) is 3.90. The number of halogens is 1. The van der Waals surface area contributed by atoms with Crippen molar-refractivity contribution in [3.8, 4) is 0 Å². The summed E-state index contributed by atoms with van der Waals surface area (Å²) in [6.07, 6.45) is 1.71. The van der Waals surface area contributed by atoms with Crippen LogP contribution in [0, 0.1) is 5.82 Å². The first-order valence-corrected chi connectivity index (χ1v) is 10.0. The summed E-state index contributed by atoms with van der Waals surface area (Å²) < 4.78 is 18.5. The van der Waals surface area contributed by atoms with Crippen LogP contribution in [-0.2, 0) is 17.8 Å². The fourth-order valence-corrected chi connectivity index (χ4v) is 3.05. The highest BCUT2D eigenvalue weighted by Gasteiger charge is 2.20. The Hall–Kier alpha value is -3.45. The van der Waals surface area contributed by atoms with Crippen molar-refractivity contribution < 1.29 is 18.4 Å². The molecule has 1 heterocycles. The van der Waals surface area contributed by atoms with E-state index in [2.05, 4.69) is 5.32 Å². The van der Waals surface area contributed by atoms with Crippen molar-refractivity contribution >= 4 is 17.5 Å². The van der Waals surface area contributed by atoms with Gasteiger partial charge in [0.15, 0.2) is 5.76 Å². The lowest BCUT2D eigenvalue weighted by atomic mass is 10.1. The van der Waals surface area contributed by atoms with Crippen LogP contribution in [0.5, 0.6) is 0 Å². The van der Waals surface area contributed by atoms with E-state index in [1.807, 2.05) is 31.1 Å². The van der Waals surface area contributed by atoms with Gasteiger partial charge in [0, 0.05) is 18.8 Å². The molecule has 0 aliphatic carbocycles. The Kier molecular flexibility index (Phi) is 7.56. The topological polar surface area (TPSA) is 65.8 Å². The third kappa shape index (κ3) is 6.52. The van der Waals surface area contributed by atoms with E-state index < -0.39 is 0 Å². The fourth-order valence-electron chi connectivity index (χ4n) is 3.05. The number of hydrogen-bond acceptors (Lipinski definition) is 4. The molecule has 162 valence electrons. The quantitative estimate of drug-likeness (QED) is 0.572. The number of anilines is 1. The van der Waals surface area contributed by atoms with Gasteiger partial charge in [0.2, 0.25) is 5.91 Å². The molecule has 0 unspecified atom stereocenters. The minimum atomic E-state index is -0.333. The van der Waals surface area contributed by atoms with Crippen molar-refractivity contribution in [2.24, 2.45) is 0 Å². The third-order valence-electron chi connectivity index (χ3n) is 4.72. The zero-order chi connectivity index (χ0) is 22.2. The summed E-state index contributed by atoms with van der Waals surface area (Å²) in [5.41, 5.74) is 2.28. The van der Waals surface area contributed by atoms with E-state index in [0.29, 0.717) is 12.2 Å². The maximum Gasteiger partial charge on any atom is 0.294 e. The Balaban J connectivity index is 1.73. The van der Waals surface area contributed by atoms with Gasteiger partial charge in [0.05, 0.1) is 19.2 Å². The molecule has 3 aromatic rings. The van der Waals surface area contributed by atoms with Gasteiger partial charge in [-0.25, -0.2) is 4.39 Å². The first-order chi connectivity index (χ1) is 14.9. The smallest absolute Gasteiger partial charge is 0.294 e. The maximum absolute atomic E-state index is 13.3. The number of amides is 2.